The van der Waals surface area contributed by atoms with Crippen LogP contribution in [0.2, 0.25) is 0 Å². The van der Waals surface area contributed by atoms with Gasteiger partial charge in [-0.3, -0.25) is 9.89 Å². The Kier molecular flexibility index (Phi) is 4.29. The van der Waals surface area contributed by atoms with Gasteiger partial charge in [-0.1, -0.05) is 0 Å². The van der Waals surface area contributed by atoms with Gasteiger partial charge in [0.15, 0.2) is 5.65 Å². The molecule has 0 bridgehead atoms. The lowest BCUT2D eigenvalue weighted by Gasteiger charge is -2.11. The molecule has 3 heterocycles. The van der Waals surface area contributed by atoms with Gasteiger partial charge in [-0.25, -0.2) is 9.67 Å². The zero-order chi connectivity index (χ0) is 18.8. The van der Waals surface area contributed by atoms with Crippen LogP contribution in [0.1, 0.15) is 29.0 Å². The number of carbonyl (C=O) groups excluding carboxylic acids is 1. The molecule has 0 saturated carbocycles. The number of rotatable bonds is 5. The number of aromatic amines is 1. The van der Waals surface area contributed by atoms with Crippen LogP contribution in [0.15, 0.2) is 55.0 Å². The molecule has 0 aliphatic heterocycles. The second kappa shape index (κ2) is 6.91. The van der Waals surface area contributed by atoms with E-state index in [1.54, 1.807) is 30.3 Å². The van der Waals surface area contributed by atoms with E-state index in [1.165, 1.54) is 0 Å². The molecule has 1 amide bonds. The van der Waals surface area contributed by atoms with Crippen molar-refractivity contribution in [2.45, 2.75) is 13.0 Å². The lowest BCUT2D eigenvalue weighted by Crippen LogP contribution is -2.27. The first-order chi connectivity index (χ1) is 13.1. The molecule has 4 rings (SSSR count). The van der Waals surface area contributed by atoms with E-state index in [4.69, 9.17) is 4.74 Å². The molecule has 0 saturated heterocycles. The smallest absolute Gasteiger partial charge is 0.270 e. The van der Waals surface area contributed by atoms with Crippen molar-refractivity contribution in [1.29, 1.82) is 0 Å². The molecule has 0 fully saturated rings. The molecule has 27 heavy (non-hydrogen) atoms. The maximum Gasteiger partial charge on any atom is 0.270 e. The van der Waals surface area contributed by atoms with Gasteiger partial charge in [-0.2, -0.15) is 10.2 Å². The highest BCUT2D eigenvalue weighted by Crippen LogP contribution is 2.18. The number of aromatic nitrogens is 5. The lowest BCUT2D eigenvalue weighted by atomic mass is 10.2. The molecule has 0 aliphatic carbocycles. The first-order valence-corrected chi connectivity index (χ1v) is 8.44. The van der Waals surface area contributed by atoms with Gasteiger partial charge in [0.05, 0.1) is 31.2 Å². The summed E-state index contributed by atoms with van der Waals surface area (Å²) in [4.78, 5) is 16.8. The van der Waals surface area contributed by atoms with Crippen LogP contribution >= 0.6 is 0 Å². The molecule has 4 aromatic rings. The molecular formula is C19H18N6O2. The van der Waals surface area contributed by atoms with Gasteiger partial charge >= 0.3 is 0 Å². The van der Waals surface area contributed by atoms with Crippen molar-refractivity contribution in [2.24, 2.45) is 0 Å². The molecule has 0 aliphatic rings. The zero-order valence-corrected chi connectivity index (χ0v) is 14.9. The molecule has 1 atom stereocenters. The van der Waals surface area contributed by atoms with Gasteiger partial charge in [0.25, 0.3) is 5.91 Å². The van der Waals surface area contributed by atoms with E-state index in [2.05, 4.69) is 25.6 Å². The van der Waals surface area contributed by atoms with Gasteiger partial charge in [-0.15, -0.1) is 0 Å². The Labute approximate surface area is 155 Å². The number of methoxy groups -OCH3 is 1. The maximum atomic E-state index is 12.5. The summed E-state index contributed by atoms with van der Waals surface area (Å²) in [5.41, 5.74) is 2.72. The van der Waals surface area contributed by atoms with Crippen LogP contribution in [0, 0.1) is 0 Å². The normalized spacial score (nSPS) is 12.1. The molecule has 8 nitrogen and oxygen atoms in total. The van der Waals surface area contributed by atoms with Crippen LogP contribution in [0.25, 0.3) is 16.7 Å². The van der Waals surface area contributed by atoms with E-state index < -0.39 is 0 Å². The highest BCUT2D eigenvalue weighted by Gasteiger charge is 2.15. The van der Waals surface area contributed by atoms with Gasteiger partial charge in [0, 0.05) is 17.1 Å². The third kappa shape index (κ3) is 3.37. The minimum Gasteiger partial charge on any atom is -0.497 e. The van der Waals surface area contributed by atoms with Crippen LogP contribution in [-0.4, -0.2) is 38.0 Å². The van der Waals surface area contributed by atoms with Crippen molar-refractivity contribution in [3.05, 3.63) is 66.2 Å². The van der Waals surface area contributed by atoms with Crippen molar-refractivity contribution in [1.82, 2.24) is 30.3 Å². The summed E-state index contributed by atoms with van der Waals surface area (Å²) in [5, 5.41) is 14.9. The van der Waals surface area contributed by atoms with E-state index in [-0.39, 0.29) is 11.9 Å². The number of hydrogen-bond acceptors (Lipinski definition) is 5. The summed E-state index contributed by atoms with van der Waals surface area (Å²) in [5.74, 6) is 0.532. The summed E-state index contributed by atoms with van der Waals surface area (Å²) in [7, 11) is 1.63. The molecule has 1 unspecified atom stereocenters. The number of fused-ring (bicyclic) bond motifs is 1. The number of H-pyrrole nitrogens is 1. The predicted molar refractivity (Wildman–Crippen MR) is 99.9 cm³/mol. The highest BCUT2D eigenvalue weighted by atomic mass is 16.5. The summed E-state index contributed by atoms with van der Waals surface area (Å²) < 4.78 is 6.92. The average molecular weight is 362 g/mol. The van der Waals surface area contributed by atoms with Crippen LogP contribution in [0.5, 0.6) is 5.75 Å². The van der Waals surface area contributed by atoms with Crippen LogP contribution in [0.3, 0.4) is 0 Å². The lowest BCUT2D eigenvalue weighted by molar-refractivity contribution is 0.0935. The minimum absolute atomic E-state index is 0.219. The fourth-order valence-electron chi connectivity index (χ4n) is 2.74. The van der Waals surface area contributed by atoms with Crippen molar-refractivity contribution in [3.63, 3.8) is 0 Å². The summed E-state index contributed by atoms with van der Waals surface area (Å²) in [6.45, 7) is 1.90. The Morgan fingerprint density at radius 1 is 1.19 bits per heavy atom. The number of benzene rings is 1. The van der Waals surface area contributed by atoms with Gasteiger partial charge in [0.1, 0.15) is 11.4 Å². The van der Waals surface area contributed by atoms with Crippen molar-refractivity contribution >= 4 is 16.9 Å². The van der Waals surface area contributed by atoms with Gasteiger partial charge in [-0.05, 0) is 43.3 Å². The Bertz CT molecular complexity index is 1080. The summed E-state index contributed by atoms with van der Waals surface area (Å²) in [6.07, 6.45) is 5.29. The third-order valence-corrected chi connectivity index (χ3v) is 4.32. The standard InChI is InChI=1S/C19H18N6O2/c1-12(22-19(26)17-8-3-13-9-20-24-18(13)23-17)14-10-21-25(11-14)15-4-6-16(27-2)7-5-15/h3-12H,1-2H3,(H,22,26)(H,20,23,24). The van der Waals surface area contributed by atoms with Gasteiger partial charge in [0.2, 0.25) is 0 Å². The number of amides is 1. The van der Waals surface area contributed by atoms with Crippen LogP contribution in [0.4, 0.5) is 0 Å². The number of ether oxygens (including phenoxy) is 1. The van der Waals surface area contributed by atoms with E-state index in [1.807, 2.05) is 43.5 Å². The SMILES string of the molecule is COc1ccc(-n2cc(C(C)NC(=O)c3ccc4cn[nH]c4n3)cn2)cc1. The predicted octanol–water partition coefficient (Wildman–Crippen LogP) is 2.64. The number of nitrogens with one attached hydrogen (secondary N) is 2. The van der Waals surface area contributed by atoms with E-state index >= 15 is 0 Å². The Morgan fingerprint density at radius 2 is 2.00 bits per heavy atom. The topological polar surface area (TPSA) is 97.7 Å². The van der Waals surface area contributed by atoms with Crippen LogP contribution in [-0.2, 0) is 0 Å². The Hall–Kier alpha value is -3.68. The summed E-state index contributed by atoms with van der Waals surface area (Å²) in [6, 6.07) is 10.9. The molecule has 136 valence electrons. The van der Waals surface area contributed by atoms with E-state index in [0.29, 0.717) is 11.3 Å². The monoisotopic (exact) mass is 362 g/mol. The molecule has 8 heteroatoms. The Morgan fingerprint density at radius 3 is 2.78 bits per heavy atom. The highest BCUT2D eigenvalue weighted by molar-refractivity contribution is 5.94. The second-order valence-electron chi connectivity index (χ2n) is 6.12. The molecule has 2 N–H and O–H groups in total. The molecule has 3 aromatic heterocycles. The number of pyridine rings is 1. The molecule has 0 radical (unpaired) electrons. The number of nitrogens with zero attached hydrogens (tertiary/aromatic N) is 4. The molecular weight excluding hydrogens is 344 g/mol. The maximum absolute atomic E-state index is 12.5. The Balaban J connectivity index is 1.48. The second-order valence-corrected chi connectivity index (χ2v) is 6.12. The van der Waals surface area contributed by atoms with Gasteiger partial charge < -0.3 is 10.1 Å². The van der Waals surface area contributed by atoms with Crippen LogP contribution < -0.4 is 10.1 Å². The van der Waals surface area contributed by atoms with E-state index in [0.717, 1.165) is 22.4 Å². The summed E-state index contributed by atoms with van der Waals surface area (Å²) >= 11 is 0. The zero-order valence-electron chi connectivity index (χ0n) is 14.9. The number of hydrogen-bond donors (Lipinski definition) is 2. The molecule has 0 spiro atoms. The van der Waals surface area contributed by atoms with Crippen molar-refractivity contribution in [3.8, 4) is 11.4 Å². The quantitative estimate of drug-likeness (QED) is 0.569. The average Bonchev–Trinajstić information content (AvgIpc) is 3.37. The first-order valence-electron chi connectivity index (χ1n) is 8.44. The third-order valence-electron chi connectivity index (χ3n) is 4.32. The fourth-order valence-corrected chi connectivity index (χ4v) is 2.74. The van der Waals surface area contributed by atoms with E-state index in [9.17, 15) is 4.79 Å². The first kappa shape index (κ1) is 16.8. The fraction of sp³-hybridized carbons (Fsp3) is 0.158. The minimum atomic E-state index is -0.254. The number of carbonyl (C=O) groups is 1. The van der Waals surface area contributed by atoms with Crippen molar-refractivity contribution < 1.29 is 9.53 Å². The molecule has 1 aromatic carbocycles. The van der Waals surface area contributed by atoms with Crippen molar-refractivity contribution in [2.75, 3.05) is 7.11 Å². The largest absolute Gasteiger partial charge is 0.497 e.